The van der Waals surface area contributed by atoms with Crippen molar-refractivity contribution in [3.63, 3.8) is 0 Å². The van der Waals surface area contributed by atoms with Crippen LogP contribution in [-0.4, -0.2) is 16.1 Å². The van der Waals surface area contributed by atoms with E-state index in [4.69, 9.17) is 21.8 Å². The van der Waals surface area contributed by atoms with Crippen molar-refractivity contribution in [1.82, 2.24) is 5.06 Å². The summed E-state index contributed by atoms with van der Waals surface area (Å²) in [5.41, 5.74) is 0.550. The monoisotopic (exact) mass is 313 g/mol. The first-order chi connectivity index (χ1) is 10.6. The number of benzene rings is 2. The molecular formula is C17H15NO3S. The van der Waals surface area contributed by atoms with E-state index in [0.29, 0.717) is 0 Å². The predicted octanol–water partition coefficient (Wildman–Crippen LogP) is 3.18. The van der Waals surface area contributed by atoms with Crippen LogP contribution in [0.1, 0.15) is 18.1 Å². The summed E-state index contributed by atoms with van der Waals surface area (Å²) in [5.74, 6) is -0.320. The van der Waals surface area contributed by atoms with Gasteiger partial charge in [0.25, 0.3) is 5.17 Å². The van der Waals surface area contributed by atoms with Gasteiger partial charge in [-0.05, 0) is 24.7 Å². The molecule has 1 aliphatic heterocycles. The van der Waals surface area contributed by atoms with Crippen molar-refractivity contribution in [3.05, 3.63) is 71.8 Å². The standard InChI is InChI=1S/C17H15NO3S/c1-17(14-10-6-3-7-11-14)15(19)18(16(22)21-17)20-12-13-8-4-2-5-9-13/h2-11H,12H2,1H3. The van der Waals surface area contributed by atoms with Crippen molar-refractivity contribution in [3.8, 4) is 0 Å². The van der Waals surface area contributed by atoms with Crippen molar-refractivity contribution in [2.45, 2.75) is 19.1 Å². The van der Waals surface area contributed by atoms with E-state index >= 15 is 0 Å². The average molecular weight is 313 g/mol. The van der Waals surface area contributed by atoms with Crippen molar-refractivity contribution >= 4 is 23.3 Å². The van der Waals surface area contributed by atoms with E-state index in [-0.39, 0.29) is 17.7 Å². The van der Waals surface area contributed by atoms with Gasteiger partial charge in [-0.25, -0.2) is 0 Å². The largest absolute Gasteiger partial charge is 0.448 e. The van der Waals surface area contributed by atoms with Crippen LogP contribution >= 0.6 is 12.2 Å². The van der Waals surface area contributed by atoms with Gasteiger partial charge in [-0.15, -0.1) is 5.06 Å². The highest BCUT2D eigenvalue weighted by Crippen LogP contribution is 2.34. The van der Waals surface area contributed by atoms with Crippen LogP contribution in [0.3, 0.4) is 0 Å². The molecule has 1 unspecified atom stereocenters. The Kier molecular flexibility index (Phi) is 3.92. The molecule has 1 aliphatic rings. The second-order valence-electron chi connectivity index (χ2n) is 5.13. The lowest BCUT2D eigenvalue weighted by molar-refractivity contribution is -0.167. The number of amides is 1. The summed E-state index contributed by atoms with van der Waals surface area (Å²) in [7, 11) is 0. The summed E-state index contributed by atoms with van der Waals surface area (Å²) in [6.07, 6.45) is 0. The van der Waals surface area contributed by atoms with Gasteiger partial charge in [-0.3, -0.25) is 9.63 Å². The van der Waals surface area contributed by atoms with Crippen LogP contribution in [0.5, 0.6) is 0 Å². The summed E-state index contributed by atoms with van der Waals surface area (Å²) >= 11 is 5.14. The van der Waals surface area contributed by atoms with Crippen molar-refractivity contribution in [2.24, 2.45) is 0 Å². The molecule has 0 bridgehead atoms. The molecule has 1 fully saturated rings. The number of carbonyl (C=O) groups is 1. The van der Waals surface area contributed by atoms with E-state index in [1.54, 1.807) is 6.92 Å². The zero-order chi connectivity index (χ0) is 15.6. The number of hydrogen-bond acceptors (Lipinski definition) is 4. The Morgan fingerprint density at radius 2 is 1.68 bits per heavy atom. The fourth-order valence-corrected chi connectivity index (χ4v) is 2.60. The molecule has 112 valence electrons. The van der Waals surface area contributed by atoms with E-state index in [0.717, 1.165) is 16.2 Å². The summed E-state index contributed by atoms with van der Waals surface area (Å²) in [4.78, 5) is 18.2. The van der Waals surface area contributed by atoms with Crippen LogP contribution in [0.15, 0.2) is 60.7 Å². The summed E-state index contributed by atoms with van der Waals surface area (Å²) in [5, 5.41) is 1.10. The Labute approximate surface area is 134 Å². The molecule has 0 aliphatic carbocycles. The lowest BCUT2D eigenvalue weighted by Gasteiger charge is -2.20. The first-order valence-corrected chi connectivity index (χ1v) is 7.32. The molecule has 22 heavy (non-hydrogen) atoms. The first-order valence-electron chi connectivity index (χ1n) is 6.91. The molecule has 4 nitrogen and oxygen atoms in total. The smallest absolute Gasteiger partial charge is 0.302 e. The summed E-state index contributed by atoms with van der Waals surface area (Å²) < 4.78 is 5.63. The third-order valence-corrected chi connectivity index (χ3v) is 3.83. The topological polar surface area (TPSA) is 38.8 Å². The zero-order valence-corrected chi connectivity index (χ0v) is 12.9. The number of nitrogens with zero attached hydrogens (tertiary/aromatic N) is 1. The van der Waals surface area contributed by atoms with Gasteiger partial charge in [0.1, 0.15) is 6.61 Å². The number of rotatable bonds is 4. The van der Waals surface area contributed by atoms with Crippen LogP contribution in [0.2, 0.25) is 0 Å². The second-order valence-corrected chi connectivity index (χ2v) is 5.48. The van der Waals surface area contributed by atoms with Gasteiger partial charge in [-0.1, -0.05) is 60.7 Å². The lowest BCUT2D eigenvalue weighted by atomic mass is 9.96. The van der Waals surface area contributed by atoms with Gasteiger partial charge >= 0.3 is 5.91 Å². The molecule has 0 radical (unpaired) electrons. The van der Waals surface area contributed by atoms with Gasteiger partial charge in [-0.2, -0.15) is 0 Å². The van der Waals surface area contributed by atoms with Crippen molar-refractivity contribution in [1.29, 1.82) is 0 Å². The van der Waals surface area contributed by atoms with E-state index in [1.807, 2.05) is 60.7 Å². The van der Waals surface area contributed by atoms with Gasteiger partial charge in [0.15, 0.2) is 0 Å². The third-order valence-electron chi connectivity index (χ3n) is 3.58. The number of hydrogen-bond donors (Lipinski definition) is 0. The molecule has 1 heterocycles. The van der Waals surface area contributed by atoms with E-state index < -0.39 is 5.60 Å². The summed E-state index contributed by atoms with van der Waals surface area (Å²) in [6, 6.07) is 18.8. The molecule has 0 spiro atoms. The maximum absolute atomic E-state index is 12.6. The van der Waals surface area contributed by atoms with Gasteiger partial charge in [0.05, 0.1) is 0 Å². The molecular weight excluding hydrogens is 298 g/mol. The highest BCUT2D eigenvalue weighted by Gasteiger charge is 2.50. The molecule has 0 saturated carbocycles. The highest BCUT2D eigenvalue weighted by molar-refractivity contribution is 7.80. The molecule has 2 aromatic rings. The van der Waals surface area contributed by atoms with Crippen LogP contribution in [0.25, 0.3) is 0 Å². The molecule has 3 rings (SSSR count). The maximum atomic E-state index is 12.6. The maximum Gasteiger partial charge on any atom is 0.302 e. The second kappa shape index (κ2) is 5.87. The minimum Gasteiger partial charge on any atom is -0.448 e. The highest BCUT2D eigenvalue weighted by atomic mass is 32.1. The third kappa shape index (κ3) is 2.61. The number of thiocarbonyl (C=S) groups is 1. The number of hydroxylamine groups is 2. The first kappa shape index (κ1) is 14.7. The quantitative estimate of drug-likeness (QED) is 0.813. The summed E-state index contributed by atoms with van der Waals surface area (Å²) in [6.45, 7) is 1.95. The zero-order valence-electron chi connectivity index (χ0n) is 12.1. The van der Waals surface area contributed by atoms with Crippen LogP contribution in [0, 0.1) is 0 Å². The normalized spacial score (nSPS) is 21.0. The molecule has 1 atom stereocenters. The van der Waals surface area contributed by atoms with Crippen LogP contribution < -0.4 is 0 Å². The van der Waals surface area contributed by atoms with E-state index in [2.05, 4.69) is 0 Å². The number of carbonyl (C=O) groups excluding carboxylic acids is 1. The average Bonchev–Trinajstić information content (AvgIpc) is 2.78. The Balaban J connectivity index is 1.77. The van der Waals surface area contributed by atoms with Crippen LogP contribution in [0.4, 0.5) is 0 Å². The van der Waals surface area contributed by atoms with Crippen molar-refractivity contribution < 1.29 is 14.4 Å². The van der Waals surface area contributed by atoms with Crippen molar-refractivity contribution in [2.75, 3.05) is 0 Å². The molecule has 1 saturated heterocycles. The fourth-order valence-electron chi connectivity index (χ4n) is 2.30. The van der Waals surface area contributed by atoms with Crippen LogP contribution in [-0.2, 0) is 26.6 Å². The Morgan fingerprint density at radius 1 is 1.09 bits per heavy atom. The minimum absolute atomic E-state index is 0.0345. The molecule has 2 aromatic carbocycles. The predicted molar refractivity (Wildman–Crippen MR) is 85.6 cm³/mol. The number of ether oxygens (including phenoxy) is 1. The Hall–Kier alpha value is -2.24. The molecule has 1 amide bonds. The molecule has 0 aromatic heterocycles. The Bertz CT molecular complexity index is 690. The van der Waals surface area contributed by atoms with Gasteiger partial charge < -0.3 is 4.74 Å². The van der Waals surface area contributed by atoms with E-state index in [1.165, 1.54) is 0 Å². The minimum atomic E-state index is -1.14. The Morgan fingerprint density at radius 3 is 2.32 bits per heavy atom. The van der Waals surface area contributed by atoms with Gasteiger partial charge in [0, 0.05) is 5.56 Å². The van der Waals surface area contributed by atoms with Gasteiger partial charge in [0.2, 0.25) is 5.60 Å². The fraction of sp³-hybridized carbons (Fsp3) is 0.176. The van der Waals surface area contributed by atoms with E-state index in [9.17, 15) is 4.79 Å². The molecule has 0 N–H and O–H groups in total. The molecule has 5 heteroatoms. The SMILES string of the molecule is CC1(c2ccccc2)OC(=S)N(OCc2ccccc2)C1=O. The lowest BCUT2D eigenvalue weighted by Crippen LogP contribution is -2.36.